The molecule has 0 N–H and O–H groups in total. The van der Waals surface area contributed by atoms with E-state index >= 15 is 0 Å². The average Bonchev–Trinajstić information content (AvgIpc) is 3.20. The Morgan fingerprint density at radius 1 is 0.540 bits per heavy atom. The molecule has 0 radical (unpaired) electrons. The summed E-state index contributed by atoms with van der Waals surface area (Å²) < 4.78 is 0. The standard InChI is InChI=1S/C46H32N4/c1-4-14-35-31(11-1)26-41(39-18-8-6-16-37(35)39)45-48-44(30-23-21-29(22-24-30)34-25-33-13-3-10-20-43(33)47-28-34)49-46(50-45)42-27-32-12-2-5-15-36(32)38-17-7-9-19-40(38)42/h1-27,31,34-35H,28H2. The molecular formula is C46H32N4. The Kier molecular flexibility index (Phi) is 6.73. The summed E-state index contributed by atoms with van der Waals surface area (Å²) in [6.45, 7) is 0.741. The fraction of sp³-hybridized carbons (Fsp3) is 0.0870. The van der Waals surface area contributed by atoms with Gasteiger partial charge in [0.25, 0.3) is 0 Å². The van der Waals surface area contributed by atoms with Gasteiger partial charge in [-0.15, -0.1) is 0 Å². The van der Waals surface area contributed by atoms with Gasteiger partial charge in [0.15, 0.2) is 17.5 Å². The summed E-state index contributed by atoms with van der Waals surface area (Å²) in [6.07, 6.45) is 13.6. The molecule has 0 amide bonds. The van der Waals surface area contributed by atoms with Crippen LogP contribution in [0.1, 0.15) is 34.4 Å². The van der Waals surface area contributed by atoms with E-state index in [-0.39, 0.29) is 11.8 Å². The number of rotatable bonds is 4. The van der Waals surface area contributed by atoms with Crippen LogP contribution in [0.2, 0.25) is 0 Å². The quantitative estimate of drug-likeness (QED) is 0.181. The molecule has 0 bridgehead atoms. The molecule has 1 aliphatic heterocycles. The number of allylic oxidation sites excluding steroid dienone is 5. The van der Waals surface area contributed by atoms with Crippen molar-refractivity contribution >= 4 is 33.2 Å². The van der Waals surface area contributed by atoms with Gasteiger partial charge in [0.1, 0.15) is 0 Å². The van der Waals surface area contributed by atoms with E-state index in [2.05, 4.69) is 158 Å². The first-order valence-electron chi connectivity index (χ1n) is 17.3. The topological polar surface area (TPSA) is 51.0 Å². The number of benzene rings is 6. The fourth-order valence-corrected chi connectivity index (χ4v) is 7.91. The van der Waals surface area contributed by atoms with Crippen molar-refractivity contribution in [1.29, 1.82) is 0 Å². The van der Waals surface area contributed by atoms with E-state index in [1.807, 2.05) is 6.07 Å². The molecule has 10 rings (SSSR count). The van der Waals surface area contributed by atoms with E-state index in [0.29, 0.717) is 23.4 Å². The van der Waals surface area contributed by atoms with Crippen LogP contribution in [0, 0.1) is 5.92 Å². The molecule has 0 saturated heterocycles. The van der Waals surface area contributed by atoms with Gasteiger partial charge in [-0.2, -0.15) is 0 Å². The van der Waals surface area contributed by atoms with E-state index in [0.717, 1.165) is 39.4 Å². The minimum atomic E-state index is 0.224. The van der Waals surface area contributed by atoms with Crippen molar-refractivity contribution in [3.05, 3.63) is 191 Å². The molecule has 4 heteroatoms. The monoisotopic (exact) mass is 640 g/mol. The third-order valence-corrected chi connectivity index (χ3v) is 10.4. The fourth-order valence-electron chi connectivity index (χ4n) is 7.91. The van der Waals surface area contributed by atoms with Crippen molar-refractivity contribution in [2.75, 3.05) is 6.54 Å². The second kappa shape index (κ2) is 11.7. The second-order valence-corrected chi connectivity index (χ2v) is 13.3. The lowest BCUT2D eigenvalue weighted by molar-refractivity contribution is 0.687. The molecule has 3 atom stereocenters. The lowest BCUT2D eigenvalue weighted by Crippen LogP contribution is -2.30. The normalized spacial score (nSPS) is 18.8. The number of para-hydroxylation sites is 1. The summed E-state index contributed by atoms with van der Waals surface area (Å²) in [5.74, 6) is 2.78. The van der Waals surface area contributed by atoms with Crippen molar-refractivity contribution in [1.82, 2.24) is 15.0 Å². The van der Waals surface area contributed by atoms with Crippen LogP contribution in [-0.2, 0) is 0 Å². The molecule has 1 aromatic heterocycles. The first-order chi connectivity index (χ1) is 24.8. The van der Waals surface area contributed by atoms with Gasteiger partial charge in [-0.1, -0.05) is 152 Å². The van der Waals surface area contributed by atoms with E-state index in [1.165, 1.54) is 32.7 Å². The van der Waals surface area contributed by atoms with Crippen LogP contribution in [0.3, 0.4) is 0 Å². The summed E-state index contributed by atoms with van der Waals surface area (Å²) >= 11 is 0. The lowest BCUT2D eigenvalue weighted by Gasteiger charge is -2.30. The van der Waals surface area contributed by atoms with Gasteiger partial charge in [-0.25, -0.2) is 15.0 Å². The summed E-state index contributed by atoms with van der Waals surface area (Å²) in [6, 6.07) is 45.1. The van der Waals surface area contributed by atoms with Gasteiger partial charge in [0, 0.05) is 34.5 Å². The van der Waals surface area contributed by atoms with Crippen LogP contribution in [0.15, 0.2) is 163 Å². The van der Waals surface area contributed by atoms with E-state index in [4.69, 9.17) is 19.9 Å². The smallest absolute Gasteiger partial charge is 0.164 e. The zero-order valence-corrected chi connectivity index (χ0v) is 27.3. The third kappa shape index (κ3) is 4.83. The third-order valence-electron chi connectivity index (χ3n) is 10.4. The number of nitrogens with zero attached hydrogens (tertiary/aromatic N) is 4. The van der Waals surface area contributed by atoms with Crippen LogP contribution in [0.4, 0.5) is 0 Å². The number of fused-ring (bicyclic) bond motifs is 7. The molecule has 4 nitrogen and oxygen atoms in total. The molecule has 3 aliphatic rings. The summed E-state index contributed by atoms with van der Waals surface area (Å²) in [4.78, 5) is 20.6. The Bertz CT molecular complexity index is 2700. The van der Waals surface area contributed by atoms with Crippen molar-refractivity contribution in [2.24, 2.45) is 10.9 Å². The van der Waals surface area contributed by atoms with Gasteiger partial charge >= 0.3 is 0 Å². The van der Waals surface area contributed by atoms with Gasteiger partial charge in [0.2, 0.25) is 0 Å². The minimum absolute atomic E-state index is 0.224. The van der Waals surface area contributed by atoms with Crippen LogP contribution >= 0.6 is 0 Å². The molecule has 236 valence electrons. The van der Waals surface area contributed by atoms with Gasteiger partial charge in [-0.05, 0) is 55.6 Å². The van der Waals surface area contributed by atoms with Gasteiger partial charge in [0.05, 0.1) is 11.9 Å². The highest BCUT2D eigenvalue weighted by Gasteiger charge is 2.30. The summed E-state index contributed by atoms with van der Waals surface area (Å²) in [5.41, 5.74) is 6.71. The SMILES string of the molecule is C1=CC2C=C(c3nc(-c4ccc(C5C=c6ccccc6=NC5)cc4)nc(-c4cc5ccccc5c5ccccc45)n3)c3ccccc3C2C=C1. The van der Waals surface area contributed by atoms with Crippen molar-refractivity contribution in [3.8, 4) is 22.8 Å². The zero-order valence-electron chi connectivity index (χ0n) is 27.3. The van der Waals surface area contributed by atoms with Crippen molar-refractivity contribution < 1.29 is 0 Å². The van der Waals surface area contributed by atoms with Crippen molar-refractivity contribution in [3.63, 3.8) is 0 Å². The minimum Gasteiger partial charge on any atom is -0.284 e. The Balaban J connectivity index is 1.16. The largest absolute Gasteiger partial charge is 0.284 e. The molecular weight excluding hydrogens is 609 g/mol. The van der Waals surface area contributed by atoms with Gasteiger partial charge < -0.3 is 0 Å². The summed E-state index contributed by atoms with van der Waals surface area (Å²) in [5, 5.41) is 6.95. The van der Waals surface area contributed by atoms with E-state index in [9.17, 15) is 0 Å². The van der Waals surface area contributed by atoms with E-state index < -0.39 is 0 Å². The Labute approximate surface area is 290 Å². The molecule has 50 heavy (non-hydrogen) atoms. The first-order valence-corrected chi connectivity index (χ1v) is 17.3. The van der Waals surface area contributed by atoms with Crippen LogP contribution in [0.25, 0.3) is 56.0 Å². The van der Waals surface area contributed by atoms with E-state index in [1.54, 1.807) is 0 Å². The first kappa shape index (κ1) is 28.7. The maximum absolute atomic E-state index is 5.31. The Morgan fingerprint density at radius 2 is 1.26 bits per heavy atom. The predicted octanol–water partition coefficient (Wildman–Crippen LogP) is 8.98. The highest BCUT2D eigenvalue weighted by molar-refractivity contribution is 6.13. The number of hydrogen-bond acceptors (Lipinski definition) is 4. The molecule has 6 aromatic carbocycles. The highest BCUT2D eigenvalue weighted by atomic mass is 15.0. The molecule has 7 aromatic rings. The molecule has 2 aliphatic carbocycles. The highest BCUT2D eigenvalue weighted by Crippen LogP contribution is 2.43. The Hall–Kier alpha value is -6.26. The molecule has 2 heterocycles. The molecule has 0 fully saturated rings. The molecule has 3 unspecified atom stereocenters. The lowest BCUT2D eigenvalue weighted by atomic mass is 9.74. The van der Waals surface area contributed by atoms with Crippen LogP contribution < -0.4 is 10.6 Å². The molecule has 0 spiro atoms. The van der Waals surface area contributed by atoms with Crippen LogP contribution in [0.5, 0.6) is 0 Å². The maximum Gasteiger partial charge on any atom is 0.164 e. The zero-order chi connectivity index (χ0) is 33.0. The van der Waals surface area contributed by atoms with Gasteiger partial charge in [-0.3, -0.25) is 4.99 Å². The maximum atomic E-state index is 5.31. The second-order valence-electron chi connectivity index (χ2n) is 13.3. The average molecular weight is 641 g/mol. The summed E-state index contributed by atoms with van der Waals surface area (Å²) in [7, 11) is 0. The predicted molar refractivity (Wildman–Crippen MR) is 203 cm³/mol. The number of aromatic nitrogens is 3. The van der Waals surface area contributed by atoms with Crippen LogP contribution in [-0.4, -0.2) is 21.5 Å². The van der Waals surface area contributed by atoms with Crippen molar-refractivity contribution in [2.45, 2.75) is 11.8 Å². The molecule has 0 saturated carbocycles. The number of hydrogen-bond donors (Lipinski definition) is 0. The Morgan fingerprint density at radius 3 is 2.18 bits per heavy atom.